The van der Waals surface area contributed by atoms with E-state index in [1.54, 1.807) is 18.3 Å². The third-order valence-electron chi connectivity index (χ3n) is 4.26. The molecule has 144 valence electrons. The lowest BCUT2D eigenvalue weighted by molar-refractivity contribution is -0.119. The second-order valence-corrected chi connectivity index (χ2v) is 7.23. The Morgan fingerprint density at radius 3 is 2.93 bits per heavy atom. The fraction of sp³-hybridized carbons (Fsp3) is 0.400. The predicted octanol–water partition coefficient (Wildman–Crippen LogP) is 4.19. The van der Waals surface area contributed by atoms with Crippen LogP contribution < -0.4 is 14.8 Å². The molecule has 0 bridgehead atoms. The number of benzene rings is 1. The van der Waals surface area contributed by atoms with Crippen molar-refractivity contribution in [2.24, 2.45) is 13.0 Å². The molecule has 1 aromatic heterocycles. The van der Waals surface area contributed by atoms with Crippen molar-refractivity contribution in [1.29, 1.82) is 0 Å². The first-order valence-corrected chi connectivity index (χ1v) is 9.37. The first kappa shape index (κ1) is 19.3. The van der Waals surface area contributed by atoms with Gasteiger partial charge in [0, 0.05) is 26.1 Å². The zero-order valence-corrected chi connectivity index (χ0v) is 16.5. The first-order valence-electron chi connectivity index (χ1n) is 8.99. The average Bonchev–Trinajstić information content (AvgIpc) is 3.37. The zero-order chi connectivity index (χ0) is 19.4. The molecule has 1 aliphatic rings. The predicted molar refractivity (Wildman–Crippen MR) is 105 cm³/mol. The van der Waals surface area contributed by atoms with Crippen molar-refractivity contribution >= 4 is 23.6 Å². The van der Waals surface area contributed by atoms with Gasteiger partial charge in [-0.1, -0.05) is 17.7 Å². The molecule has 1 atom stereocenters. The summed E-state index contributed by atoms with van der Waals surface area (Å²) >= 11 is 6.32. The monoisotopic (exact) mass is 389 g/mol. The molecule has 1 heterocycles. The summed E-state index contributed by atoms with van der Waals surface area (Å²) in [5, 5.41) is 3.27. The maximum absolute atomic E-state index is 11.1. The fourth-order valence-electron chi connectivity index (χ4n) is 2.52. The number of halogens is 1. The summed E-state index contributed by atoms with van der Waals surface area (Å²) in [6.45, 7) is 4.13. The molecule has 3 rings (SSSR count). The number of hydrogen-bond donors (Lipinski definition) is 1. The summed E-state index contributed by atoms with van der Waals surface area (Å²) < 4.78 is 13.4. The van der Waals surface area contributed by atoms with Crippen molar-refractivity contribution in [3.8, 4) is 17.5 Å². The highest BCUT2D eigenvalue weighted by Gasteiger charge is 2.22. The summed E-state index contributed by atoms with van der Waals surface area (Å²) in [7, 11) is 1.85. The maximum atomic E-state index is 11.1. The number of carbonyl (C=O) groups is 1. The smallest absolute Gasteiger partial charge is 0.302 e. The molecule has 1 N–H and O–H groups in total. The van der Waals surface area contributed by atoms with E-state index in [0.29, 0.717) is 22.7 Å². The SMILES string of the molecule is CC(=O)N[C@@H](C)/C=C/c1cnc(Oc2ccc(OCC3CC3)cc2Cl)n1C. The molecule has 6 nitrogen and oxygen atoms in total. The molecule has 7 heteroatoms. The van der Waals surface area contributed by atoms with Crippen molar-refractivity contribution in [3.05, 3.63) is 41.2 Å². The molecule has 1 saturated carbocycles. The molecular weight excluding hydrogens is 366 g/mol. The third-order valence-corrected chi connectivity index (χ3v) is 4.55. The van der Waals surface area contributed by atoms with Crippen LogP contribution in [0, 0.1) is 5.92 Å². The van der Waals surface area contributed by atoms with E-state index >= 15 is 0 Å². The Balaban J connectivity index is 1.64. The van der Waals surface area contributed by atoms with Crippen molar-refractivity contribution in [1.82, 2.24) is 14.9 Å². The van der Waals surface area contributed by atoms with Gasteiger partial charge in [-0.3, -0.25) is 9.36 Å². The van der Waals surface area contributed by atoms with Crippen molar-refractivity contribution in [2.75, 3.05) is 6.61 Å². The van der Waals surface area contributed by atoms with Crippen LogP contribution in [-0.2, 0) is 11.8 Å². The van der Waals surface area contributed by atoms with Gasteiger partial charge in [-0.05, 0) is 43.9 Å². The van der Waals surface area contributed by atoms with Crippen LogP contribution >= 0.6 is 11.6 Å². The topological polar surface area (TPSA) is 65.4 Å². The molecule has 0 radical (unpaired) electrons. The van der Waals surface area contributed by atoms with Gasteiger partial charge in [0.1, 0.15) is 11.5 Å². The normalized spacial score (nSPS) is 15.0. The lowest BCUT2D eigenvalue weighted by atomic mass is 10.3. The van der Waals surface area contributed by atoms with Gasteiger partial charge in [-0.2, -0.15) is 0 Å². The van der Waals surface area contributed by atoms with E-state index in [1.807, 2.05) is 36.8 Å². The van der Waals surface area contributed by atoms with Crippen LogP contribution in [0.3, 0.4) is 0 Å². The van der Waals surface area contributed by atoms with Gasteiger partial charge in [0.2, 0.25) is 5.91 Å². The molecule has 27 heavy (non-hydrogen) atoms. The minimum absolute atomic E-state index is 0.0691. The molecular formula is C20H24ClN3O3. The van der Waals surface area contributed by atoms with E-state index in [4.69, 9.17) is 21.1 Å². The van der Waals surface area contributed by atoms with Crippen LogP contribution in [0.4, 0.5) is 0 Å². The van der Waals surface area contributed by atoms with Crippen molar-refractivity contribution in [2.45, 2.75) is 32.7 Å². The highest BCUT2D eigenvalue weighted by Crippen LogP contribution is 2.34. The maximum Gasteiger partial charge on any atom is 0.302 e. The first-order chi connectivity index (χ1) is 12.9. The summed E-state index contributed by atoms with van der Waals surface area (Å²) in [6, 6.07) is 5.75. The van der Waals surface area contributed by atoms with Crippen LogP contribution in [0.15, 0.2) is 30.5 Å². The Bertz CT molecular complexity index is 843. The van der Waals surface area contributed by atoms with E-state index in [9.17, 15) is 4.79 Å². The molecule has 2 aromatic rings. The number of nitrogens with one attached hydrogen (secondary N) is 1. The van der Waals surface area contributed by atoms with E-state index in [0.717, 1.165) is 18.1 Å². The molecule has 0 unspecified atom stereocenters. The van der Waals surface area contributed by atoms with Gasteiger partial charge < -0.3 is 14.8 Å². The van der Waals surface area contributed by atoms with Crippen LogP contribution in [0.25, 0.3) is 6.08 Å². The van der Waals surface area contributed by atoms with Gasteiger partial charge in [-0.25, -0.2) is 4.98 Å². The molecule has 1 fully saturated rings. The standard InChI is InChI=1S/C20H24ClN3O3/c1-13(23-14(2)25)4-7-16-11-22-20(24(16)3)27-19-9-8-17(10-18(19)21)26-12-15-5-6-15/h4,7-11,13,15H,5-6,12H2,1-3H3,(H,23,25)/b7-4+/t13-/m0/s1. The number of hydrogen-bond acceptors (Lipinski definition) is 4. The number of carbonyl (C=O) groups excluding carboxylic acids is 1. The van der Waals surface area contributed by atoms with Crippen LogP contribution in [0.1, 0.15) is 32.4 Å². The number of nitrogens with zero attached hydrogens (tertiary/aromatic N) is 2. The highest BCUT2D eigenvalue weighted by molar-refractivity contribution is 6.32. The van der Waals surface area contributed by atoms with Gasteiger partial charge in [0.25, 0.3) is 0 Å². The average molecular weight is 390 g/mol. The lowest BCUT2D eigenvalue weighted by Gasteiger charge is -2.10. The Hall–Kier alpha value is -2.47. The summed E-state index contributed by atoms with van der Waals surface area (Å²) in [5.41, 5.74) is 0.850. The van der Waals surface area contributed by atoms with Crippen LogP contribution in [0.5, 0.6) is 17.5 Å². The van der Waals surface area contributed by atoms with E-state index < -0.39 is 0 Å². The van der Waals surface area contributed by atoms with Crippen molar-refractivity contribution < 1.29 is 14.3 Å². The second kappa shape index (κ2) is 8.48. The molecule has 1 aliphatic carbocycles. The van der Waals surface area contributed by atoms with Crippen LogP contribution in [-0.4, -0.2) is 28.1 Å². The molecule has 0 saturated heterocycles. The van der Waals surface area contributed by atoms with Crippen molar-refractivity contribution in [3.63, 3.8) is 0 Å². The minimum Gasteiger partial charge on any atom is -0.493 e. The number of aromatic nitrogens is 2. The van der Waals surface area contributed by atoms with Gasteiger partial charge >= 0.3 is 6.01 Å². The molecule has 1 amide bonds. The molecule has 0 spiro atoms. The van der Waals surface area contributed by atoms with Crippen LogP contribution in [0.2, 0.25) is 5.02 Å². The summed E-state index contributed by atoms with van der Waals surface area (Å²) in [6.07, 6.45) is 7.97. The number of rotatable bonds is 8. The quantitative estimate of drug-likeness (QED) is 0.735. The van der Waals surface area contributed by atoms with Gasteiger partial charge in [0.15, 0.2) is 0 Å². The highest BCUT2D eigenvalue weighted by atomic mass is 35.5. The molecule has 0 aliphatic heterocycles. The number of imidazole rings is 1. The Morgan fingerprint density at radius 2 is 2.26 bits per heavy atom. The Kier molecular flexibility index (Phi) is 6.06. The minimum atomic E-state index is -0.0700. The van der Waals surface area contributed by atoms with E-state index in [-0.39, 0.29) is 11.9 Å². The van der Waals surface area contributed by atoms with Gasteiger partial charge in [-0.15, -0.1) is 0 Å². The zero-order valence-electron chi connectivity index (χ0n) is 15.7. The van der Waals surface area contributed by atoms with Gasteiger partial charge in [0.05, 0.1) is 23.5 Å². The second-order valence-electron chi connectivity index (χ2n) is 6.82. The summed E-state index contributed by atoms with van der Waals surface area (Å²) in [4.78, 5) is 15.4. The van der Waals surface area contributed by atoms with E-state index in [2.05, 4.69) is 10.3 Å². The summed E-state index contributed by atoms with van der Waals surface area (Å²) in [5.74, 6) is 1.88. The fourth-order valence-corrected chi connectivity index (χ4v) is 2.73. The lowest BCUT2D eigenvalue weighted by Crippen LogP contribution is -2.28. The number of ether oxygens (including phenoxy) is 2. The third kappa shape index (κ3) is 5.50. The molecule has 1 aromatic carbocycles. The van der Waals surface area contributed by atoms with E-state index in [1.165, 1.54) is 19.8 Å². The Morgan fingerprint density at radius 1 is 1.48 bits per heavy atom. The number of amides is 1. The Labute approximate surface area is 164 Å². The largest absolute Gasteiger partial charge is 0.493 e.